The summed E-state index contributed by atoms with van der Waals surface area (Å²) in [5, 5.41) is 10.1. The predicted octanol–water partition coefficient (Wildman–Crippen LogP) is 7.25. The minimum absolute atomic E-state index is 0.230. The Labute approximate surface area is 179 Å². The molecule has 0 aromatic carbocycles. The smallest absolute Gasteiger partial charge is 0.0727 e. The molecule has 1 fully saturated rings. The van der Waals surface area contributed by atoms with E-state index in [1.165, 1.54) is 31.3 Å². The van der Waals surface area contributed by atoms with Gasteiger partial charge in [-0.1, -0.05) is 77.5 Å². The van der Waals surface area contributed by atoms with Crippen LogP contribution in [0.3, 0.4) is 0 Å². The quantitative estimate of drug-likeness (QED) is 0.498. The van der Waals surface area contributed by atoms with Gasteiger partial charge < -0.3 is 5.11 Å². The van der Waals surface area contributed by atoms with E-state index in [1.807, 2.05) is 0 Å². The standard InChI is InChI=1S/C28H42O/c1-18(2)19(3)7-8-20(4)24-11-12-25-23-10-9-21-17-22(29)13-15-27(21,5)26(23)14-16-28(24,25)6/h7-10,17-20,22,24,26,29H,11-16H2,1-6H3/t19-,20+,22?,24+,26-,27-,28+/m0/s1. The maximum atomic E-state index is 10.1. The molecule has 1 heteroatoms. The van der Waals surface area contributed by atoms with Gasteiger partial charge in [0.15, 0.2) is 0 Å². The van der Waals surface area contributed by atoms with Crippen molar-refractivity contribution in [3.05, 3.63) is 47.1 Å². The summed E-state index contributed by atoms with van der Waals surface area (Å²) >= 11 is 0. The van der Waals surface area contributed by atoms with Gasteiger partial charge in [0.05, 0.1) is 6.10 Å². The van der Waals surface area contributed by atoms with Crippen molar-refractivity contribution in [1.29, 1.82) is 0 Å². The Morgan fingerprint density at radius 1 is 0.966 bits per heavy atom. The fourth-order valence-electron chi connectivity index (χ4n) is 7.05. The molecule has 4 rings (SSSR count). The van der Waals surface area contributed by atoms with Crippen molar-refractivity contribution in [2.45, 2.75) is 86.2 Å². The maximum absolute atomic E-state index is 10.1. The van der Waals surface area contributed by atoms with Gasteiger partial charge in [0, 0.05) is 0 Å². The lowest BCUT2D eigenvalue weighted by molar-refractivity contribution is 0.115. The number of allylic oxidation sites excluding steroid dienone is 7. The first-order valence-corrected chi connectivity index (χ1v) is 12.2. The van der Waals surface area contributed by atoms with Gasteiger partial charge in [-0.25, -0.2) is 0 Å². The van der Waals surface area contributed by atoms with Crippen LogP contribution in [0.15, 0.2) is 47.1 Å². The number of hydrogen-bond acceptors (Lipinski definition) is 1. The molecule has 0 amide bonds. The van der Waals surface area contributed by atoms with Crippen LogP contribution in [-0.4, -0.2) is 11.2 Å². The molecule has 29 heavy (non-hydrogen) atoms. The Kier molecular flexibility index (Phi) is 5.52. The van der Waals surface area contributed by atoms with Crippen molar-refractivity contribution in [3.8, 4) is 0 Å². The van der Waals surface area contributed by atoms with Crippen molar-refractivity contribution in [2.24, 2.45) is 40.4 Å². The molecule has 4 aliphatic carbocycles. The van der Waals surface area contributed by atoms with Gasteiger partial charge in [0.25, 0.3) is 0 Å². The van der Waals surface area contributed by atoms with Gasteiger partial charge in [-0.3, -0.25) is 0 Å². The molecular weight excluding hydrogens is 352 g/mol. The topological polar surface area (TPSA) is 20.2 Å². The molecule has 0 aliphatic heterocycles. The highest BCUT2D eigenvalue weighted by molar-refractivity contribution is 5.49. The van der Waals surface area contributed by atoms with E-state index in [-0.39, 0.29) is 11.5 Å². The van der Waals surface area contributed by atoms with Crippen LogP contribution < -0.4 is 0 Å². The SMILES string of the molecule is CC(C)[C@@H](C)C=C[C@@H](C)[C@H]1CCC2=C3C=CC4=CC(O)CC[C@]4(C)[C@H]3CC[C@@]21C. The number of fused-ring (bicyclic) bond motifs is 4. The van der Waals surface area contributed by atoms with Crippen LogP contribution in [0.5, 0.6) is 0 Å². The van der Waals surface area contributed by atoms with Gasteiger partial charge >= 0.3 is 0 Å². The van der Waals surface area contributed by atoms with Crippen molar-refractivity contribution < 1.29 is 5.11 Å². The lowest BCUT2D eigenvalue weighted by Crippen LogP contribution is -2.42. The van der Waals surface area contributed by atoms with Crippen LogP contribution in [0.1, 0.15) is 80.1 Å². The zero-order chi connectivity index (χ0) is 21.0. The Balaban J connectivity index is 1.64. The first-order chi connectivity index (χ1) is 13.7. The first kappa shape index (κ1) is 21.2. The van der Waals surface area contributed by atoms with Crippen LogP contribution >= 0.6 is 0 Å². The second-order valence-electron chi connectivity index (χ2n) is 11.4. The second kappa shape index (κ2) is 7.56. The molecule has 0 heterocycles. The Hall–Kier alpha value is -1.08. The van der Waals surface area contributed by atoms with Crippen molar-refractivity contribution >= 4 is 0 Å². The monoisotopic (exact) mass is 394 g/mol. The van der Waals surface area contributed by atoms with Crippen molar-refractivity contribution in [2.75, 3.05) is 0 Å². The summed E-state index contributed by atoms with van der Waals surface area (Å²) in [5.41, 5.74) is 5.44. The summed E-state index contributed by atoms with van der Waals surface area (Å²) in [6.07, 6.45) is 19.0. The van der Waals surface area contributed by atoms with E-state index < -0.39 is 0 Å². The van der Waals surface area contributed by atoms with Crippen LogP contribution in [-0.2, 0) is 0 Å². The van der Waals surface area contributed by atoms with Crippen LogP contribution in [0.4, 0.5) is 0 Å². The lowest BCUT2D eigenvalue weighted by Gasteiger charge is -2.51. The summed E-state index contributed by atoms with van der Waals surface area (Å²) in [7, 11) is 0. The van der Waals surface area contributed by atoms with E-state index >= 15 is 0 Å². The largest absolute Gasteiger partial charge is 0.389 e. The molecule has 1 saturated carbocycles. The zero-order valence-electron chi connectivity index (χ0n) is 19.5. The fraction of sp³-hybridized carbons (Fsp3) is 0.714. The summed E-state index contributed by atoms with van der Waals surface area (Å²) < 4.78 is 0. The number of aliphatic hydroxyl groups is 1. The fourth-order valence-corrected chi connectivity index (χ4v) is 7.05. The average Bonchev–Trinajstić information content (AvgIpc) is 3.03. The molecule has 7 atom stereocenters. The average molecular weight is 395 g/mol. The number of hydrogen-bond donors (Lipinski definition) is 1. The van der Waals surface area contributed by atoms with E-state index in [0.717, 1.165) is 24.7 Å². The number of aliphatic hydroxyl groups excluding tert-OH is 1. The van der Waals surface area contributed by atoms with Gasteiger partial charge in [0.2, 0.25) is 0 Å². The normalized spacial score (nSPS) is 41.2. The maximum Gasteiger partial charge on any atom is 0.0727 e. The van der Waals surface area contributed by atoms with Crippen molar-refractivity contribution in [3.63, 3.8) is 0 Å². The summed E-state index contributed by atoms with van der Waals surface area (Å²) in [6, 6.07) is 0. The van der Waals surface area contributed by atoms with Gasteiger partial charge in [-0.2, -0.15) is 0 Å². The van der Waals surface area contributed by atoms with Gasteiger partial charge in [-0.15, -0.1) is 0 Å². The minimum atomic E-state index is -0.248. The van der Waals surface area contributed by atoms with Gasteiger partial charge in [0.1, 0.15) is 0 Å². The molecule has 1 N–H and O–H groups in total. The molecule has 0 spiro atoms. The third-order valence-electron chi connectivity index (χ3n) is 9.50. The van der Waals surface area contributed by atoms with E-state index in [0.29, 0.717) is 23.2 Å². The van der Waals surface area contributed by atoms with E-state index in [2.05, 4.69) is 71.9 Å². The summed E-state index contributed by atoms with van der Waals surface area (Å²) in [4.78, 5) is 0. The third kappa shape index (κ3) is 3.42. The van der Waals surface area contributed by atoms with E-state index in [9.17, 15) is 5.11 Å². The minimum Gasteiger partial charge on any atom is -0.389 e. The molecule has 160 valence electrons. The highest BCUT2D eigenvalue weighted by atomic mass is 16.3. The van der Waals surface area contributed by atoms with Gasteiger partial charge in [-0.05, 0) is 90.1 Å². The van der Waals surface area contributed by atoms with E-state index in [1.54, 1.807) is 11.1 Å². The molecule has 0 saturated heterocycles. The molecular formula is C28H42O. The third-order valence-corrected chi connectivity index (χ3v) is 9.50. The summed E-state index contributed by atoms with van der Waals surface area (Å²) in [5.74, 6) is 3.45. The van der Waals surface area contributed by atoms with Crippen LogP contribution in [0.25, 0.3) is 0 Å². The molecule has 4 aliphatic rings. The van der Waals surface area contributed by atoms with Crippen molar-refractivity contribution in [1.82, 2.24) is 0 Å². The summed E-state index contributed by atoms with van der Waals surface area (Å²) in [6.45, 7) is 14.5. The lowest BCUT2D eigenvalue weighted by atomic mass is 9.53. The van der Waals surface area contributed by atoms with E-state index in [4.69, 9.17) is 0 Å². The molecule has 0 bridgehead atoms. The predicted molar refractivity (Wildman–Crippen MR) is 123 cm³/mol. The number of rotatable bonds is 4. The molecule has 0 aromatic rings. The highest BCUT2D eigenvalue weighted by Crippen LogP contribution is 2.63. The highest BCUT2D eigenvalue weighted by Gasteiger charge is 2.53. The zero-order valence-corrected chi connectivity index (χ0v) is 19.5. The van der Waals surface area contributed by atoms with Crippen LogP contribution in [0, 0.1) is 40.4 Å². The Bertz CT molecular complexity index is 765. The Morgan fingerprint density at radius 3 is 2.41 bits per heavy atom. The first-order valence-electron chi connectivity index (χ1n) is 12.2. The molecule has 0 radical (unpaired) electrons. The van der Waals surface area contributed by atoms with Crippen LogP contribution in [0.2, 0.25) is 0 Å². The second-order valence-corrected chi connectivity index (χ2v) is 11.4. The molecule has 1 nitrogen and oxygen atoms in total. The Morgan fingerprint density at radius 2 is 1.69 bits per heavy atom. The molecule has 1 unspecified atom stereocenters. The molecule has 0 aromatic heterocycles.